The van der Waals surface area contributed by atoms with Crippen LogP contribution in [-0.4, -0.2) is 27.5 Å². The fourth-order valence-electron chi connectivity index (χ4n) is 1.80. The summed E-state index contributed by atoms with van der Waals surface area (Å²) in [7, 11) is 0. The number of aromatic hydroxyl groups is 1. The first-order chi connectivity index (χ1) is 9.19. The van der Waals surface area contributed by atoms with Gasteiger partial charge in [0.1, 0.15) is 0 Å². The third-order valence-electron chi connectivity index (χ3n) is 2.64. The normalized spacial score (nSPS) is 10.4. The van der Waals surface area contributed by atoms with E-state index in [4.69, 9.17) is 4.74 Å². The van der Waals surface area contributed by atoms with Crippen LogP contribution < -0.4 is 0 Å². The molecule has 19 heavy (non-hydrogen) atoms. The lowest BCUT2D eigenvalue weighted by atomic mass is 10.2. The van der Waals surface area contributed by atoms with Gasteiger partial charge in [0.05, 0.1) is 19.6 Å². The first-order valence-corrected chi connectivity index (χ1v) is 6.14. The summed E-state index contributed by atoms with van der Waals surface area (Å²) in [4.78, 5) is 11.4. The third-order valence-corrected chi connectivity index (χ3v) is 2.64. The zero-order chi connectivity index (χ0) is 13.7. The van der Waals surface area contributed by atoms with E-state index in [2.05, 4.69) is 5.10 Å². The van der Waals surface area contributed by atoms with Crippen molar-refractivity contribution in [3.05, 3.63) is 47.7 Å². The molecule has 0 fully saturated rings. The van der Waals surface area contributed by atoms with Crippen LogP contribution >= 0.6 is 0 Å². The lowest BCUT2D eigenvalue weighted by Gasteiger charge is -2.00. The molecule has 0 aliphatic rings. The van der Waals surface area contributed by atoms with Gasteiger partial charge in [-0.1, -0.05) is 30.3 Å². The highest BCUT2D eigenvalue weighted by Gasteiger charge is 2.12. The van der Waals surface area contributed by atoms with Crippen LogP contribution in [0.15, 0.2) is 36.5 Å². The highest BCUT2D eigenvalue weighted by molar-refractivity contribution is 5.73. The Balaban J connectivity index is 2.06. The van der Waals surface area contributed by atoms with Gasteiger partial charge in [-0.3, -0.25) is 9.48 Å². The van der Waals surface area contributed by atoms with Crippen LogP contribution in [0.5, 0.6) is 5.88 Å². The Labute approximate surface area is 111 Å². The van der Waals surface area contributed by atoms with Crippen LogP contribution in [-0.2, 0) is 22.5 Å². The van der Waals surface area contributed by atoms with Crippen molar-refractivity contribution in [2.24, 2.45) is 0 Å². The zero-order valence-corrected chi connectivity index (χ0v) is 10.7. The molecule has 1 aromatic heterocycles. The number of aromatic nitrogens is 2. The smallest absolute Gasteiger partial charge is 0.310 e. The molecule has 0 bridgehead atoms. The minimum Gasteiger partial charge on any atom is -0.492 e. The van der Waals surface area contributed by atoms with E-state index in [0.29, 0.717) is 18.7 Å². The second-order valence-corrected chi connectivity index (χ2v) is 4.14. The van der Waals surface area contributed by atoms with E-state index in [1.165, 1.54) is 0 Å². The van der Waals surface area contributed by atoms with Gasteiger partial charge in [0, 0.05) is 11.8 Å². The van der Waals surface area contributed by atoms with Crippen molar-refractivity contribution in [3.8, 4) is 5.88 Å². The van der Waals surface area contributed by atoms with Crippen LogP contribution in [0, 0.1) is 0 Å². The summed E-state index contributed by atoms with van der Waals surface area (Å²) < 4.78 is 6.45. The van der Waals surface area contributed by atoms with Crippen molar-refractivity contribution >= 4 is 5.97 Å². The average Bonchev–Trinajstić information content (AvgIpc) is 2.71. The van der Waals surface area contributed by atoms with E-state index in [-0.39, 0.29) is 18.3 Å². The molecule has 5 heteroatoms. The molecule has 0 saturated carbocycles. The Morgan fingerprint density at radius 2 is 2.11 bits per heavy atom. The number of hydrogen-bond donors (Lipinski definition) is 1. The van der Waals surface area contributed by atoms with E-state index in [0.717, 1.165) is 5.56 Å². The number of rotatable bonds is 5. The molecular weight excluding hydrogens is 244 g/mol. The highest BCUT2D eigenvalue weighted by atomic mass is 16.5. The second kappa shape index (κ2) is 6.04. The number of nitrogens with zero attached hydrogens (tertiary/aromatic N) is 2. The fraction of sp³-hybridized carbons (Fsp3) is 0.286. The fourth-order valence-corrected chi connectivity index (χ4v) is 1.80. The standard InChI is InChI=1S/C14H16N2O3/c1-2-19-13(17)8-12-10-16(15-14(12)18)9-11-6-4-3-5-7-11/h3-7,10H,2,8-9H2,1H3,(H,15,18). The van der Waals surface area contributed by atoms with Gasteiger partial charge in [0.2, 0.25) is 5.88 Å². The topological polar surface area (TPSA) is 64.4 Å². The summed E-state index contributed by atoms with van der Waals surface area (Å²) in [5, 5.41) is 13.7. The third kappa shape index (κ3) is 3.58. The van der Waals surface area contributed by atoms with E-state index in [9.17, 15) is 9.90 Å². The summed E-state index contributed by atoms with van der Waals surface area (Å²) >= 11 is 0. The maximum Gasteiger partial charge on any atom is 0.310 e. The predicted molar refractivity (Wildman–Crippen MR) is 69.8 cm³/mol. The van der Waals surface area contributed by atoms with Crippen LogP contribution in [0.3, 0.4) is 0 Å². The summed E-state index contributed by atoms with van der Waals surface area (Å²) in [5.74, 6) is -0.485. The number of carbonyl (C=O) groups is 1. The lowest BCUT2D eigenvalue weighted by molar-refractivity contribution is -0.142. The van der Waals surface area contributed by atoms with Gasteiger partial charge in [-0.2, -0.15) is 0 Å². The Morgan fingerprint density at radius 1 is 1.37 bits per heavy atom. The maximum atomic E-state index is 11.4. The van der Waals surface area contributed by atoms with E-state index >= 15 is 0 Å². The Kier molecular flexibility index (Phi) is 4.18. The van der Waals surface area contributed by atoms with Crippen molar-refractivity contribution in [1.29, 1.82) is 0 Å². The maximum absolute atomic E-state index is 11.4. The highest BCUT2D eigenvalue weighted by Crippen LogP contribution is 2.16. The molecule has 0 saturated heterocycles. The molecule has 0 radical (unpaired) electrons. The van der Waals surface area contributed by atoms with Crippen LogP contribution in [0.1, 0.15) is 18.1 Å². The molecule has 2 aromatic rings. The zero-order valence-electron chi connectivity index (χ0n) is 10.7. The SMILES string of the molecule is CCOC(=O)Cc1cn(Cc2ccccc2)nc1O. The number of hydrogen-bond acceptors (Lipinski definition) is 4. The van der Waals surface area contributed by atoms with Crippen molar-refractivity contribution < 1.29 is 14.6 Å². The number of ether oxygens (including phenoxy) is 1. The molecule has 0 aliphatic carbocycles. The van der Waals surface area contributed by atoms with Gasteiger partial charge in [-0.05, 0) is 12.5 Å². The number of carbonyl (C=O) groups excluding carboxylic acids is 1. The van der Waals surface area contributed by atoms with Gasteiger partial charge >= 0.3 is 5.97 Å². The Morgan fingerprint density at radius 3 is 2.79 bits per heavy atom. The van der Waals surface area contributed by atoms with Crippen LogP contribution in [0.25, 0.3) is 0 Å². The summed E-state index contributed by atoms with van der Waals surface area (Å²) in [6.45, 7) is 2.63. The molecule has 0 spiro atoms. The molecule has 100 valence electrons. The van der Waals surface area contributed by atoms with Gasteiger partial charge in [0.25, 0.3) is 0 Å². The number of esters is 1. The van der Waals surface area contributed by atoms with E-state index < -0.39 is 0 Å². The van der Waals surface area contributed by atoms with Crippen molar-refractivity contribution in [2.45, 2.75) is 19.9 Å². The van der Waals surface area contributed by atoms with Gasteiger partial charge in [-0.15, -0.1) is 5.10 Å². The second-order valence-electron chi connectivity index (χ2n) is 4.14. The molecule has 0 unspecified atom stereocenters. The van der Waals surface area contributed by atoms with Crippen molar-refractivity contribution in [1.82, 2.24) is 9.78 Å². The largest absolute Gasteiger partial charge is 0.492 e. The van der Waals surface area contributed by atoms with Gasteiger partial charge < -0.3 is 9.84 Å². The average molecular weight is 260 g/mol. The molecule has 0 atom stereocenters. The van der Waals surface area contributed by atoms with Crippen molar-refractivity contribution in [3.63, 3.8) is 0 Å². The molecule has 2 rings (SSSR count). The Bertz CT molecular complexity index is 549. The monoisotopic (exact) mass is 260 g/mol. The molecule has 0 aliphatic heterocycles. The van der Waals surface area contributed by atoms with E-state index in [1.54, 1.807) is 17.8 Å². The summed E-state index contributed by atoms with van der Waals surface area (Å²) in [5.41, 5.74) is 1.56. The minimum atomic E-state index is -0.364. The van der Waals surface area contributed by atoms with E-state index in [1.807, 2.05) is 30.3 Å². The summed E-state index contributed by atoms with van der Waals surface area (Å²) in [6, 6.07) is 9.78. The van der Waals surface area contributed by atoms with Crippen LogP contribution in [0.4, 0.5) is 0 Å². The molecule has 0 amide bonds. The van der Waals surface area contributed by atoms with Crippen molar-refractivity contribution in [2.75, 3.05) is 6.61 Å². The summed E-state index contributed by atoms with van der Waals surface area (Å²) in [6.07, 6.45) is 1.70. The van der Waals surface area contributed by atoms with Gasteiger partial charge in [0.15, 0.2) is 0 Å². The Hall–Kier alpha value is -2.30. The number of benzene rings is 1. The van der Waals surface area contributed by atoms with Gasteiger partial charge in [-0.25, -0.2) is 0 Å². The molecule has 1 aromatic carbocycles. The first kappa shape index (κ1) is 13.1. The molecule has 1 N–H and O–H groups in total. The van der Waals surface area contributed by atoms with Crippen LogP contribution in [0.2, 0.25) is 0 Å². The molecular formula is C14H16N2O3. The minimum absolute atomic E-state index is 0.0362. The predicted octanol–water partition coefficient (Wildman–Crippen LogP) is 1.74. The lowest BCUT2D eigenvalue weighted by Crippen LogP contribution is -2.07. The molecule has 1 heterocycles. The molecule has 5 nitrogen and oxygen atoms in total. The quantitative estimate of drug-likeness (QED) is 0.832. The first-order valence-electron chi connectivity index (χ1n) is 6.14.